The minimum Gasteiger partial charge on any atom is -0.493 e. The fraction of sp³-hybridized carbons (Fsp3) is 0.105. The van der Waals surface area contributed by atoms with E-state index in [1.54, 1.807) is 19.2 Å². The highest BCUT2D eigenvalue weighted by molar-refractivity contribution is 5.92. The molecule has 3 aromatic rings. The molecule has 5 heteroatoms. The van der Waals surface area contributed by atoms with Gasteiger partial charge in [-0.1, -0.05) is 12.1 Å². The second-order valence-electron chi connectivity index (χ2n) is 5.12. The van der Waals surface area contributed by atoms with E-state index in [1.165, 1.54) is 0 Å². The van der Waals surface area contributed by atoms with Crippen molar-refractivity contribution in [3.8, 4) is 17.2 Å². The summed E-state index contributed by atoms with van der Waals surface area (Å²) in [5, 5.41) is 2.81. The number of amides is 1. The Morgan fingerprint density at radius 1 is 0.958 bits per heavy atom. The highest BCUT2D eigenvalue weighted by Crippen LogP contribution is 2.25. The maximum atomic E-state index is 12.0. The van der Waals surface area contributed by atoms with Crippen molar-refractivity contribution in [1.82, 2.24) is 4.57 Å². The Hall–Kier alpha value is -3.21. The summed E-state index contributed by atoms with van der Waals surface area (Å²) < 4.78 is 12.7. The van der Waals surface area contributed by atoms with Gasteiger partial charge in [-0.15, -0.1) is 0 Å². The quantitative estimate of drug-likeness (QED) is 0.755. The minimum atomic E-state index is -0.227. The zero-order valence-electron chi connectivity index (χ0n) is 13.3. The van der Waals surface area contributed by atoms with Gasteiger partial charge in [0.15, 0.2) is 18.1 Å². The van der Waals surface area contributed by atoms with Crippen LogP contribution in [0.3, 0.4) is 0 Å². The molecule has 0 unspecified atom stereocenters. The van der Waals surface area contributed by atoms with Gasteiger partial charge in [-0.05, 0) is 48.5 Å². The molecule has 0 spiro atoms. The van der Waals surface area contributed by atoms with E-state index in [-0.39, 0.29) is 12.5 Å². The second-order valence-corrected chi connectivity index (χ2v) is 5.12. The first-order chi connectivity index (χ1) is 11.8. The Labute approximate surface area is 140 Å². The van der Waals surface area contributed by atoms with E-state index in [0.29, 0.717) is 11.5 Å². The van der Waals surface area contributed by atoms with Crippen molar-refractivity contribution in [2.24, 2.45) is 0 Å². The van der Waals surface area contributed by atoms with Crippen LogP contribution in [0, 0.1) is 0 Å². The third kappa shape index (κ3) is 3.76. The lowest BCUT2D eigenvalue weighted by Gasteiger charge is -2.11. The van der Waals surface area contributed by atoms with Crippen LogP contribution in [0.5, 0.6) is 11.5 Å². The van der Waals surface area contributed by atoms with Crippen molar-refractivity contribution in [2.45, 2.75) is 0 Å². The van der Waals surface area contributed by atoms with Gasteiger partial charge in [0.05, 0.1) is 7.11 Å². The molecule has 0 bridgehead atoms. The molecule has 1 N–H and O–H groups in total. The summed E-state index contributed by atoms with van der Waals surface area (Å²) in [4.78, 5) is 12.0. The van der Waals surface area contributed by atoms with Gasteiger partial charge in [0.25, 0.3) is 5.91 Å². The summed E-state index contributed by atoms with van der Waals surface area (Å²) in [6.07, 6.45) is 3.93. The molecule has 0 atom stereocenters. The average molecular weight is 322 g/mol. The molecule has 0 aliphatic heterocycles. The minimum absolute atomic E-state index is 0.0836. The first kappa shape index (κ1) is 15.7. The topological polar surface area (TPSA) is 52.5 Å². The maximum absolute atomic E-state index is 12.0. The van der Waals surface area contributed by atoms with Crippen LogP contribution in [0.4, 0.5) is 5.69 Å². The molecular weight excluding hydrogens is 304 g/mol. The van der Waals surface area contributed by atoms with Gasteiger partial charge in [-0.25, -0.2) is 0 Å². The number of hydrogen-bond donors (Lipinski definition) is 1. The Bertz CT molecular complexity index is 796. The molecule has 0 saturated carbocycles. The Morgan fingerprint density at radius 3 is 2.29 bits per heavy atom. The second kappa shape index (κ2) is 7.37. The van der Waals surface area contributed by atoms with Gasteiger partial charge in [0.1, 0.15) is 0 Å². The molecule has 1 amide bonds. The molecule has 2 aromatic carbocycles. The van der Waals surface area contributed by atoms with Crippen LogP contribution in [0.2, 0.25) is 0 Å². The maximum Gasteiger partial charge on any atom is 0.262 e. The van der Waals surface area contributed by atoms with Gasteiger partial charge in [-0.3, -0.25) is 4.79 Å². The normalized spacial score (nSPS) is 10.2. The number of nitrogens with one attached hydrogen (secondary N) is 1. The first-order valence-corrected chi connectivity index (χ1v) is 7.55. The van der Waals surface area contributed by atoms with Crippen LogP contribution in [0.1, 0.15) is 0 Å². The lowest BCUT2D eigenvalue weighted by Crippen LogP contribution is -2.20. The first-order valence-electron chi connectivity index (χ1n) is 7.55. The van der Waals surface area contributed by atoms with E-state index in [1.807, 2.05) is 65.5 Å². The Balaban J connectivity index is 1.57. The summed E-state index contributed by atoms with van der Waals surface area (Å²) in [5.41, 5.74) is 1.75. The number of aromatic nitrogens is 1. The Kier molecular flexibility index (Phi) is 4.81. The SMILES string of the molecule is COc1ccccc1OCC(=O)Nc1ccc(-n2cccc2)cc1. The van der Waals surface area contributed by atoms with Crippen molar-refractivity contribution < 1.29 is 14.3 Å². The van der Waals surface area contributed by atoms with Gasteiger partial charge in [0, 0.05) is 23.8 Å². The number of carbonyl (C=O) groups is 1. The lowest BCUT2D eigenvalue weighted by atomic mass is 10.2. The highest BCUT2D eigenvalue weighted by atomic mass is 16.5. The van der Waals surface area contributed by atoms with Gasteiger partial charge >= 0.3 is 0 Å². The number of carbonyl (C=O) groups excluding carboxylic acids is 1. The number of anilines is 1. The zero-order valence-corrected chi connectivity index (χ0v) is 13.3. The third-order valence-corrected chi connectivity index (χ3v) is 3.48. The molecule has 0 fully saturated rings. The molecular formula is C19H18N2O3. The lowest BCUT2D eigenvalue weighted by molar-refractivity contribution is -0.118. The van der Waals surface area contributed by atoms with Crippen LogP contribution in [0.15, 0.2) is 73.1 Å². The standard InChI is InChI=1S/C19H18N2O3/c1-23-17-6-2-3-7-18(17)24-14-19(22)20-15-8-10-16(11-9-15)21-12-4-5-13-21/h2-13H,14H2,1H3,(H,20,22). The van der Waals surface area contributed by atoms with Crippen molar-refractivity contribution in [3.63, 3.8) is 0 Å². The van der Waals surface area contributed by atoms with E-state index >= 15 is 0 Å². The van der Waals surface area contributed by atoms with Crippen LogP contribution >= 0.6 is 0 Å². The summed E-state index contributed by atoms with van der Waals surface area (Å²) in [5.74, 6) is 0.911. The van der Waals surface area contributed by atoms with Crippen molar-refractivity contribution in [1.29, 1.82) is 0 Å². The van der Waals surface area contributed by atoms with Gasteiger partial charge in [0.2, 0.25) is 0 Å². The third-order valence-electron chi connectivity index (χ3n) is 3.48. The number of benzene rings is 2. The number of para-hydroxylation sites is 2. The zero-order chi connectivity index (χ0) is 16.8. The summed E-state index contributed by atoms with van der Waals surface area (Å²) in [6, 6.07) is 18.7. The van der Waals surface area contributed by atoms with Gasteiger partial charge < -0.3 is 19.4 Å². The number of rotatable bonds is 6. The summed E-state index contributed by atoms with van der Waals surface area (Å²) in [6.45, 7) is -0.0836. The Morgan fingerprint density at radius 2 is 1.62 bits per heavy atom. The molecule has 0 saturated heterocycles. The monoisotopic (exact) mass is 322 g/mol. The van der Waals surface area contributed by atoms with Crippen LogP contribution in [0.25, 0.3) is 5.69 Å². The van der Waals surface area contributed by atoms with Crippen LogP contribution < -0.4 is 14.8 Å². The summed E-state index contributed by atoms with van der Waals surface area (Å²) in [7, 11) is 1.56. The molecule has 5 nitrogen and oxygen atoms in total. The predicted octanol–water partition coefficient (Wildman–Crippen LogP) is 3.50. The number of methoxy groups -OCH3 is 1. The molecule has 0 aliphatic rings. The van der Waals surface area contributed by atoms with E-state index in [2.05, 4.69) is 5.32 Å². The van der Waals surface area contributed by atoms with E-state index in [9.17, 15) is 4.79 Å². The molecule has 1 aromatic heterocycles. The largest absolute Gasteiger partial charge is 0.493 e. The molecule has 1 heterocycles. The average Bonchev–Trinajstić information content (AvgIpc) is 3.15. The van der Waals surface area contributed by atoms with E-state index < -0.39 is 0 Å². The molecule has 0 radical (unpaired) electrons. The van der Waals surface area contributed by atoms with E-state index in [4.69, 9.17) is 9.47 Å². The fourth-order valence-electron chi connectivity index (χ4n) is 2.30. The van der Waals surface area contributed by atoms with Crippen LogP contribution in [-0.4, -0.2) is 24.2 Å². The number of ether oxygens (including phenoxy) is 2. The molecule has 0 aliphatic carbocycles. The number of hydrogen-bond acceptors (Lipinski definition) is 3. The number of nitrogens with zero attached hydrogens (tertiary/aromatic N) is 1. The van der Waals surface area contributed by atoms with Crippen molar-refractivity contribution >= 4 is 11.6 Å². The fourth-order valence-corrected chi connectivity index (χ4v) is 2.30. The molecule has 3 rings (SSSR count). The summed E-state index contributed by atoms with van der Waals surface area (Å²) >= 11 is 0. The van der Waals surface area contributed by atoms with Crippen molar-refractivity contribution in [3.05, 3.63) is 73.1 Å². The smallest absolute Gasteiger partial charge is 0.262 e. The molecule has 24 heavy (non-hydrogen) atoms. The van der Waals surface area contributed by atoms with Crippen LogP contribution in [-0.2, 0) is 4.79 Å². The van der Waals surface area contributed by atoms with Gasteiger partial charge in [-0.2, -0.15) is 0 Å². The molecule has 122 valence electrons. The van der Waals surface area contributed by atoms with E-state index in [0.717, 1.165) is 11.4 Å². The highest BCUT2D eigenvalue weighted by Gasteiger charge is 2.07. The predicted molar refractivity (Wildman–Crippen MR) is 92.9 cm³/mol. The van der Waals surface area contributed by atoms with Crippen molar-refractivity contribution in [2.75, 3.05) is 19.0 Å².